The molecule has 5 heteroatoms. The van der Waals surface area contributed by atoms with Crippen LogP contribution in [-0.4, -0.2) is 36.4 Å². The van der Waals surface area contributed by atoms with Crippen LogP contribution >= 0.6 is 0 Å². The number of carbonyl (C=O) groups excluding carboxylic acids is 1. The van der Waals surface area contributed by atoms with Crippen molar-refractivity contribution in [2.45, 2.75) is 13.0 Å². The summed E-state index contributed by atoms with van der Waals surface area (Å²) in [6.45, 7) is 2.60. The van der Waals surface area contributed by atoms with Gasteiger partial charge >= 0.3 is 0 Å². The molecule has 1 unspecified atom stereocenters. The molecule has 0 saturated carbocycles. The Kier molecular flexibility index (Phi) is 5.49. The second-order valence-electron chi connectivity index (χ2n) is 5.38. The van der Waals surface area contributed by atoms with Gasteiger partial charge in [0.1, 0.15) is 12.0 Å². The largest absolute Gasteiger partial charge is 0.451 e. The topological polar surface area (TPSA) is 58.4 Å². The predicted molar refractivity (Wildman–Crippen MR) is 86.2 cm³/mol. The summed E-state index contributed by atoms with van der Waals surface area (Å²) in [5.74, 6) is -0.151. The summed E-state index contributed by atoms with van der Waals surface area (Å²) in [4.78, 5) is 17.9. The number of nitrogens with one attached hydrogen (secondary N) is 1. The van der Waals surface area contributed by atoms with Gasteiger partial charge in [-0.15, -0.1) is 0 Å². The summed E-state index contributed by atoms with van der Waals surface area (Å²) in [5, 5.41) is 2.91. The molecule has 0 spiro atoms. The van der Waals surface area contributed by atoms with Gasteiger partial charge in [0.05, 0.1) is 6.04 Å². The van der Waals surface area contributed by atoms with E-state index < -0.39 is 0 Å². The van der Waals surface area contributed by atoms with E-state index >= 15 is 0 Å². The molecule has 0 fully saturated rings. The Labute approximate surface area is 130 Å². The molecule has 0 aliphatic heterocycles. The van der Waals surface area contributed by atoms with Gasteiger partial charge in [0.25, 0.3) is 0 Å². The minimum atomic E-state index is -0.151. The summed E-state index contributed by atoms with van der Waals surface area (Å²) >= 11 is 0. The molecule has 0 aliphatic rings. The van der Waals surface area contributed by atoms with Crippen molar-refractivity contribution in [2.75, 3.05) is 20.6 Å². The van der Waals surface area contributed by atoms with Gasteiger partial charge in [-0.3, -0.25) is 4.79 Å². The van der Waals surface area contributed by atoms with Crippen molar-refractivity contribution in [3.8, 4) is 0 Å². The third kappa shape index (κ3) is 4.56. The zero-order valence-corrected chi connectivity index (χ0v) is 13.1. The van der Waals surface area contributed by atoms with Crippen LogP contribution in [0, 0.1) is 6.92 Å². The number of amides is 1. The molecule has 0 radical (unpaired) electrons. The highest BCUT2D eigenvalue weighted by Crippen LogP contribution is 2.17. The van der Waals surface area contributed by atoms with Crippen LogP contribution in [0.5, 0.6) is 0 Å². The van der Waals surface area contributed by atoms with Gasteiger partial charge in [0.2, 0.25) is 5.91 Å². The van der Waals surface area contributed by atoms with Crippen molar-refractivity contribution in [1.29, 1.82) is 0 Å². The number of rotatable bonds is 6. The van der Waals surface area contributed by atoms with E-state index in [1.54, 1.807) is 6.08 Å². The highest BCUT2D eigenvalue weighted by Gasteiger charge is 2.14. The zero-order valence-electron chi connectivity index (χ0n) is 13.1. The lowest BCUT2D eigenvalue weighted by Gasteiger charge is -2.25. The maximum absolute atomic E-state index is 11.9. The maximum atomic E-state index is 11.9. The van der Waals surface area contributed by atoms with Gasteiger partial charge < -0.3 is 14.6 Å². The Morgan fingerprint density at radius 3 is 2.68 bits per heavy atom. The Morgan fingerprint density at radius 2 is 2.09 bits per heavy atom. The lowest BCUT2D eigenvalue weighted by molar-refractivity contribution is -0.116. The molecule has 1 aromatic carbocycles. The van der Waals surface area contributed by atoms with Crippen molar-refractivity contribution in [3.05, 3.63) is 59.8 Å². The number of hydrogen-bond donors (Lipinski definition) is 1. The molecular weight excluding hydrogens is 278 g/mol. The molecule has 0 aliphatic carbocycles. The van der Waals surface area contributed by atoms with Crippen molar-refractivity contribution in [1.82, 2.24) is 15.2 Å². The lowest BCUT2D eigenvalue weighted by Crippen LogP contribution is -2.33. The number of aryl methyl sites for hydroxylation is 1. The maximum Gasteiger partial charge on any atom is 0.244 e. The van der Waals surface area contributed by atoms with Gasteiger partial charge in [0, 0.05) is 12.6 Å². The monoisotopic (exact) mass is 299 g/mol. The smallest absolute Gasteiger partial charge is 0.244 e. The van der Waals surface area contributed by atoms with E-state index in [4.69, 9.17) is 4.42 Å². The number of aromatic nitrogens is 1. The summed E-state index contributed by atoms with van der Waals surface area (Å²) in [7, 11) is 4.00. The second-order valence-corrected chi connectivity index (χ2v) is 5.38. The number of likely N-dealkylation sites (N-methyl/N-ethyl adjacent to an activating group) is 1. The number of oxazole rings is 1. The van der Waals surface area contributed by atoms with E-state index in [2.05, 4.69) is 46.4 Å². The van der Waals surface area contributed by atoms with Crippen molar-refractivity contribution in [3.63, 3.8) is 0 Å². The number of hydrogen-bond acceptors (Lipinski definition) is 4. The predicted octanol–water partition coefficient (Wildman–Crippen LogP) is 2.42. The molecule has 2 rings (SSSR count). The Hall–Kier alpha value is -2.40. The zero-order chi connectivity index (χ0) is 15.9. The first-order chi connectivity index (χ1) is 10.6. The van der Waals surface area contributed by atoms with Crippen molar-refractivity contribution in [2.24, 2.45) is 0 Å². The van der Waals surface area contributed by atoms with Crippen LogP contribution in [0.3, 0.4) is 0 Å². The van der Waals surface area contributed by atoms with Gasteiger partial charge in [-0.2, -0.15) is 0 Å². The highest BCUT2D eigenvalue weighted by atomic mass is 16.3. The number of carbonyl (C=O) groups is 1. The summed E-state index contributed by atoms with van der Waals surface area (Å²) in [5.41, 5.74) is 3.02. The first-order valence-corrected chi connectivity index (χ1v) is 7.13. The van der Waals surface area contributed by atoms with Crippen molar-refractivity contribution >= 4 is 12.0 Å². The highest BCUT2D eigenvalue weighted by molar-refractivity contribution is 5.91. The second kappa shape index (κ2) is 7.56. The fraction of sp³-hybridized carbons (Fsp3) is 0.294. The third-order valence-corrected chi connectivity index (χ3v) is 3.41. The van der Waals surface area contributed by atoms with Gasteiger partial charge in [0.15, 0.2) is 6.39 Å². The number of benzene rings is 1. The lowest BCUT2D eigenvalue weighted by atomic mass is 10.0. The van der Waals surface area contributed by atoms with Crippen LogP contribution in [0.15, 0.2) is 47.4 Å². The van der Waals surface area contributed by atoms with Gasteiger partial charge in [-0.25, -0.2) is 4.98 Å². The van der Waals surface area contributed by atoms with E-state index in [-0.39, 0.29) is 11.9 Å². The molecule has 0 bridgehead atoms. The van der Waals surface area contributed by atoms with Gasteiger partial charge in [-0.05, 0) is 32.7 Å². The third-order valence-electron chi connectivity index (χ3n) is 3.41. The molecule has 1 atom stereocenters. The molecule has 0 saturated heterocycles. The van der Waals surface area contributed by atoms with E-state index in [1.807, 2.05) is 14.1 Å². The van der Waals surface area contributed by atoms with E-state index in [0.717, 1.165) is 0 Å². The van der Waals surface area contributed by atoms with Crippen LogP contribution in [-0.2, 0) is 4.79 Å². The van der Waals surface area contributed by atoms with Gasteiger partial charge in [-0.1, -0.05) is 29.8 Å². The Bertz CT molecular complexity index is 616. The molecule has 1 heterocycles. The van der Waals surface area contributed by atoms with Crippen LogP contribution in [0.4, 0.5) is 0 Å². The SMILES string of the molecule is Cc1ccc(C(CNC(=O)/C=C/c2cocn2)N(C)C)cc1. The Morgan fingerprint density at radius 1 is 1.36 bits per heavy atom. The van der Waals surface area contributed by atoms with Crippen LogP contribution < -0.4 is 5.32 Å². The average molecular weight is 299 g/mol. The molecule has 2 aromatic rings. The minimum absolute atomic E-state index is 0.130. The van der Waals surface area contributed by atoms with E-state index in [0.29, 0.717) is 12.2 Å². The van der Waals surface area contributed by atoms with Crippen LogP contribution in [0.1, 0.15) is 22.9 Å². The first-order valence-electron chi connectivity index (χ1n) is 7.13. The molecule has 1 amide bonds. The van der Waals surface area contributed by atoms with Crippen molar-refractivity contribution < 1.29 is 9.21 Å². The first kappa shape index (κ1) is 16.0. The summed E-state index contributed by atoms with van der Waals surface area (Å²) < 4.78 is 4.84. The van der Waals surface area contributed by atoms with Crippen LogP contribution in [0.2, 0.25) is 0 Å². The van der Waals surface area contributed by atoms with Crippen LogP contribution in [0.25, 0.3) is 6.08 Å². The molecular formula is C17H21N3O2. The fourth-order valence-corrected chi connectivity index (χ4v) is 2.11. The molecule has 116 valence electrons. The van der Waals surface area contributed by atoms with E-state index in [1.165, 1.54) is 29.9 Å². The van der Waals surface area contributed by atoms with E-state index in [9.17, 15) is 4.79 Å². The fourth-order valence-electron chi connectivity index (χ4n) is 2.11. The standard InChI is InChI=1S/C17H21N3O2/c1-13-4-6-14(7-5-13)16(20(2)3)10-18-17(21)9-8-15-11-22-12-19-15/h4-9,11-12,16H,10H2,1-3H3,(H,18,21)/b9-8+. The average Bonchev–Trinajstić information content (AvgIpc) is 3.00. The summed E-state index contributed by atoms with van der Waals surface area (Å²) in [6.07, 6.45) is 5.89. The quantitative estimate of drug-likeness (QED) is 0.832. The minimum Gasteiger partial charge on any atom is -0.451 e. The number of nitrogens with zero attached hydrogens (tertiary/aromatic N) is 2. The molecule has 1 aromatic heterocycles. The normalized spacial score (nSPS) is 12.7. The summed E-state index contributed by atoms with van der Waals surface area (Å²) in [6, 6.07) is 8.48. The Balaban J connectivity index is 1.94. The molecule has 5 nitrogen and oxygen atoms in total. The molecule has 22 heavy (non-hydrogen) atoms. The molecule has 1 N–H and O–H groups in total.